The zero-order chi connectivity index (χ0) is 17.1. The van der Waals surface area contributed by atoms with Crippen LogP contribution in [-0.4, -0.2) is 27.2 Å². The number of aromatic carboxylic acids is 1. The quantitative estimate of drug-likeness (QED) is 0.789. The molecule has 22 heavy (non-hydrogen) atoms. The van der Waals surface area contributed by atoms with E-state index in [4.69, 9.17) is 9.16 Å². The average molecular weight is 323 g/mol. The second-order valence-electron chi connectivity index (χ2n) is 6.83. The molecule has 5 heteroatoms. The largest absolute Gasteiger partial charge is 0.496 e. The van der Waals surface area contributed by atoms with E-state index in [2.05, 4.69) is 40.8 Å². The summed E-state index contributed by atoms with van der Waals surface area (Å²) >= 11 is 0. The van der Waals surface area contributed by atoms with Crippen LogP contribution in [-0.2, 0) is 4.43 Å². The predicted molar refractivity (Wildman–Crippen MR) is 89.9 cm³/mol. The van der Waals surface area contributed by atoms with Gasteiger partial charge in [0.15, 0.2) is 0 Å². The van der Waals surface area contributed by atoms with Gasteiger partial charge in [0.1, 0.15) is 11.3 Å². The maximum Gasteiger partial charge on any atom is 0.339 e. The van der Waals surface area contributed by atoms with Gasteiger partial charge in [-0.2, -0.15) is 0 Å². The summed E-state index contributed by atoms with van der Waals surface area (Å²) in [6.45, 7) is 12.7. The maximum atomic E-state index is 11.7. The second kappa shape index (κ2) is 7.29. The summed E-state index contributed by atoms with van der Waals surface area (Å²) in [5, 5.41) is 9.62. The van der Waals surface area contributed by atoms with Crippen molar-refractivity contribution in [3.8, 4) is 5.75 Å². The smallest absolute Gasteiger partial charge is 0.339 e. The Labute approximate surface area is 135 Å². The van der Waals surface area contributed by atoms with Crippen molar-refractivity contribution in [1.82, 2.24) is 0 Å². The third kappa shape index (κ3) is 4.33. The number of methoxy groups -OCH3 is 1. The number of carboxylic acid groups (broad SMARTS) is 1. The van der Waals surface area contributed by atoms with Crippen molar-refractivity contribution in [2.45, 2.75) is 46.9 Å². The van der Waals surface area contributed by atoms with Crippen LogP contribution in [0.2, 0.25) is 13.1 Å². The molecule has 1 radical (unpaired) electrons. The number of ether oxygens (including phenoxy) is 1. The molecular formula is C17H27O4Si. The number of rotatable bonds is 6. The third-order valence-electron chi connectivity index (χ3n) is 3.98. The Morgan fingerprint density at radius 1 is 1.27 bits per heavy atom. The maximum absolute atomic E-state index is 11.7. The van der Waals surface area contributed by atoms with Crippen molar-refractivity contribution in [2.24, 2.45) is 11.3 Å². The van der Waals surface area contributed by atoms with Gasteiger partial charge in [-0.25, -0.2) is 4.79 Å². The predicted octanol–water partition coefficient (Wildman–Crippen LogP) is 4.38. The third-order valence-corrected chi connectivity index (χ3v) is 4.71. The zero-order valence-electron chi connectivity index (χ0n) is 14.6. The lowest BCUT2D eigenvalue weighted by Crippen LogP contribution is -2.30. The Bertz CT molecular complexity index is 520. The van der Waals surface area contributed by atoms with Crippen LogP contribution >= 0.6 is 0 Å². The summed E-state index contributed by atoms with van der Waals surface area (Å²) in [6, 6.07) is 5.34. The molecule has 0 fully saturated rings. The normalized spacial score (nSPS) is 14.7. The van der Waals surface area contributed by atoms with Gasteiger partial charge < -0.3 is 14.3 Å². The van der Waals surface area contributed by atoms with Crippen molar-refractivity contribution < 1.29 is 19.1 Å². The highest BCUT2D eigenvalue weighted by Gasteiger charge is 2.34. The number of carbonyl (C=O) groups is 1. The van der Waals surface area contributed by atoms with Gasteiger partial charge >= 0.3 is 5.97 Å². The second-order valence-corrected chi connectivity index (χ2v) is 8.88. The van der Waals surface area contributed by atoms with E-state index >= 15 is 0 Å². The summed E-state index contributed by atoms with van der Waals surface area (Å²) in [5.41, 5.74) is 0.899. The zero-order valence-corrected chi connectivity index (χ0v) is 15.6. The van der Waals surface area contributed by atoms with Gasteiger partial charge in [-0.3, -0.25) is 0 Å². The molecule has 2 atom stereocenters. The summed E-state index contributed by atoms with van der Waals surface area (Å²) in [5.74, 6) is -0.443. The lowest BCUT2D eigenvalue weighted by molar-refractivity contribution is 0.0625. The Balaban J connectivity index is 3.46. The van der Waals surface area contributed by atoms with Crippen molar-refractivity contribution in [1.29, 1.82) is 0 Å². The van der Waals surface area contributed by atoms with Crippen LogP contribution in [0.15, 0.2) is 18.2 Å². The molecule has 1 aromatic rings. The molecule has 0 aromatic heterocycles. The minimum Gasteiger partial charge on any atom is -0.496 e. The van der Waals surface area contributed by atoms with Crippen LogP contribution < -0.4 is 4.74 Å². The molecule has 0 saturated carbocycles. The molecule has 2 unspecified atom stereocenters. The molecule has 1 aromatic carbocycles. The van der Waals surface area contributed by atoms with Crippen LogP contribution in [0.3, 0.4) is 0 Å². The average Bonchev–Trinajstić information content (AvgIpc) is 2.41. The molecule has 1 N–H and O–H groups in total. The number of carboxylic acids is 1. The van der Waals surface area contributed by atoms with Gasteiger partial charge in [-0.1, -0.05) is 39.8 Å². The molecule has 1 rings (SSSR count). The summed E-state index contributed by atoms with van der Waals surface area (Å²) in [6.07, 6.45) is -0.259. The van der Waals surface area contributed by atoms with E-state index in [-0.39, 0.29) is 23.0 Å². The van der Waals surface area contributed by atoms with E-state index in [1.54, 1.807) is 6.07 Å². The molecule has 0 amide bonds. The molecule has 123 valence electrons. The first kappa shape index (κ1) is 18.7. The summed E-state index contributed by atoms with van der Waals surface area (Å²) < 4.78 is 11.4. The molecular weight excluding hydrogens is 296 g/mol. The monoisotopic (exact) mass is 323 g/mol. The topological polar surface area (TPSA) is 55.8 Å². The molecule has 0 aliphatic carbocycles. The lowest BCUT2D eigenvalue weighted by atomic mass is 9.76. The molecule has 4 nitrogen and oxygen atoms in total. The Hall–Kier alpha value is -1.33. The van der Waals surface area contributed by atoms with E-state index in [1.807, 2.05) is 12.1 Å². The molecule has 0 heterocycles. The van der Waals surface area contributed by atoms with Gasteiger partial charge in [0, 0.05) is 0 Å². The summed E-state index contributed by atoms with van der Waals surface area (Å²) in [7, 11) is 0.510. The number of hydrogen-bond acceptors (Lipinski definition) is 3. The van der Waals surface area contributed by atoms with Crippen molar-refractivity contribution in [3.63, 3.8) is 0 Å². The minimum atomic E-state index is -0.983. The highest BCUT2D eigenvalue weighted by Crippen LogP contribution is 2.41. The highest BCUT2D eigenvalue weighted by molar-refractivity contribution is 6.48. The molecule has 0 spiro atoms. The Morgan fingerprint density at radius 2 is 1.86 bits per heavy atom. The van der Waals surface area contributed by atoms with E-state index < -0.39 is 15.0 Å². The van der Waals surface area contributed by atoms with Crippen LogP contribution in [0.25, 0.3) is 0 Å². The van der Waals surface area contributed by atoms with E-state index in [0.717, 1.165) is 0 Å². The van der Waals surface area contributed by atoms with E-state index in [0.29, 0.717) is 11.3 Å². The fourth-order valence-electron chi connectivity index (χ4n) is 2.33. The Kier molecular flexibility index (Phi) is 6.20. The Morgan fingerprint density at radius 3 is 2.27 bits per heavy atom. The van der Waals surface area contributed by atoms with E-state index in [1.165, 1.54) is 7.11 Å². The fourth-order valence-corrected chi connectivity index (χ4v) is 3.17. The van der Waals surface area contributed by atoms with Crippen molar-refractivity contribution in [2.75, 3.05) is 7.11 Å². The van der Waals surface area contributed by atoms with Gasteiger partial charge in [-0.15, -0.1) is 0 Å². The number of benzene rings is 1. The van der Waals surface area contributed by atoms with Gasteiger partial charge in [0.2, 0.25) is 9.04 Å². The standard InChI is InChI=1S/C17H27O4Si/c1-11(17(2,3)4)15(21-22(6)7)12-9-8-10-13(20-5)14(12)16(18)19/h8-11,15H,1-7H3,(H,18,19). The van der Waals surface area contributed by atoms with Crippen LogP contribution in [0.4, 0.5) is 0 Å². The lowest BCUT2D eigenvalue weighted by Gasteiger charge is -2.36. The van der Waals surface area contributed by atoms with Crippen molar-refractivity contribution in [3.05, 3.63) is 29.3 Å². The molecule has 0 saturated heterocycles. The SMILES string of the molecule is COc1cccc(C(O[Si](C)C)C(C)C(C)(C)C)c1C(=O)O. The minimum absolute atomic E-state index is 0.000827. The molecule has 0 aliphatic rings. The van der Waals surface area contributed by atoms with Crippen LogP contribution in [0.1, 0.15) is 49.7 Å². The first-order chi connectivity index (χ1) is 10.1. The van der Waals surface area contributed by atoms with Crippen LogP contribution in [0.5, 0.6) is 5.75 Å². The fraction of sp³-hybridized carbons (Fsp3) is 0.588. The van der Waals surface area contributed by atoms with Gasteiger partial charge in [0.25, 0.3) is 0 Å². The van der Waals surface area contributed by atoms with Crippen LogP contribution in [0, 0.1) is 11.3 Å². The van der Waals surface area contributed by atoms with Gasteiger partial charge in [0.05, 0.1) is 13.2 Å². The first-order valence-corrected chi connectivity index (χ1v) is 9.87. The number of hydrogen-bond donors (Lipinski definition) is 1. The molecule has 0 aliphatic heterocycles. The molecule has 0 bridgehead atoms. The highest BCUT2D eigenvalue weighted by atomic mass is 28.3. The van der Waals surface area contributed by atoms with E-state index in [9.17, 15) is 9.90 Å². The van der Waals surface area contributed by atoms with Crippen molar-refractivity contribution >= 4 is 15.0 Å². The summed E-state index contributed by atoms with van der Waals surface area (Å²) in [4.78, 5) is 11.7. The first-order valence-electron chi connectivity index (χ1n) is 7.46. The van der Waals surface area contributed by atoms with Gasteiger partial charge in [-0.05, 0) is 36.1 Å².